The Labute approximate surface area is 172 Å². The SMILES string of the molecule is COc1ccc(N2C(=O)CN(S(C)(=O)=O)C[C@@]2(C)C(=O)NC2CCCCC2)cc1. The molecule has 0 unspecified atom stereocenters. The van der Waals surface area contributed by atoms with Gasteiger partial charge in [0.2, 0.25) is 21.8 Å². The van der Waals surface area contributed by atoms with Crippen molar-refractivity contribution in [3.05, 3.63) is 24.3 Å². The fourth-order valence-electron chi connectivity index (χ4n) is 4.12. The summed E-state index contributed by atoms with van der Waals surface area (Å²) in [6.45, 7) is 1.24. The molecule has 1 aliphatic heterocycles. The number of benzene rings is 1. The molecule has 1 saturated carbocycles. The average molecular weight is 424 g/mol. The van der Waals surface area contributed by atoms with Gasteiger partial charge >= 0.3 is 0 Å². The van der Waals surface area contributed by atoms with Gasteiger partial charge in [0.1, 0.15) is 11.3 Å². The Hall–Kier alpha value is -2.13. The van der Waals surface area contributed by atoms with Crippen LogP contribution in [0.3, 0.4) is 0 Å². The Morgan fingerprint density at radius 2 is 1.79 bits per heavy atom. The highest BCUT2D eigenvalue weighted by Crippen LogP contribution is 2.32. The lowest BCUT2D eigenvalue weighted by atomic mass is 9.91. The number of nitrogens with one attached hydrogen (secondary N) is 1. The molecule has 0 bridgehead atoms. The zero-order chi connectivity index (χ0) is 21.2. The Balaban J connectivity index is 1.96. The van der Waals surface area contributed by atoms with Crippen molar-refractivity contribution in [1.82, 2.24) is 9.62 Å². The maximum Gasteiger partial charge on any atom is 0.247 e. The normalized spacial score (nSPS) is 24.4. The number of hydrogen-bond donors (Lipinski definition) is 1. The van der Waals surface area contributed by atoms with Crippen LogP contribution < -0.4 is 15.0 Å². The van der Waals surface area contributed by atoms with Gasteiger partial charge in [-0.15, -0.1) is 0 Å². The van der Waals surface area contributed by atoms with Crippen LogP contribution in [0, 0.1) is 0 Å². The summed E-state index contributed by atoms with van der Waals surface area (Å²) in [5.41, 5.74) is -0.824. The van der Waals surface area contributed by atoms with Crippen LogP contribution in [-0.2, 0) is 19.6 Å². The molecule has 1 N–H and O–H groups in total. The maximum atomic E-state index is 13.4. The highest BCUT2D eigenvalue weighted by atomic mass is 32.2. The summed E-state index contributed by atoms with van der Waals surface area (Å²) in [6, 6.07) is 6.89. The summed E-state index contributed by atoms with van der Waals surface area (Å²) in [5.74, 6) is -0.139. The van der Waals surface area contributed by atoms with Crippen molar-refractivity contribution in [3.63, 3.8) is 0 Å². The average Bonchev–Trinajstić information content (AvgIpc) is 2.68. The third-order valence-corrected chi connectivity index (χ3v) is 6.96. The van der Waals surface area contributed by atoms with Gasteiger partial charge in [-0.2, -0.15) is 4.31 Å². The molecule has 0 spiro atoms. The van der Waals surface area contributed by atoms with Crippen LogP contribution in [0.2, 0.25) is 0 Å². The van der Waals surface area contributed by atoms with Crippen molar-refractivity contribution in [2.45, 2.75) is 50.6 Å². The van der Waals surface area contributed by atoms with Crippen LogP contribution in [0.15, 0.2) is 24.3 Å². The van der Waals surface area contributed by atoms with Gasteiger partial charge in [0.05, 0.1) is 19.9 Å². The predicted molar refractivity (Wildman–Crippen MR) is 110 cm³/mol. The molecule has 1 aliphatic carbocycles. The van der Waals surface area contributed by atoms with E-state index in [1.54, 1.807) is 38.3 Å². The molecule has 29 heavy (non-hydrogen) atoms. The topological polar surface area (TPSA) is 96.0 Å². The molecule has 0 aromatic heterocycles. The number of amides is 2. The highest BCUT2D eigenvalue weighted by molar-refractivity contribution is 7.88. The quantitative estimate of drug-likeness (QED) is 0.775. The minimum absolute atomic E-state index is 0.0505. The Morgan fingerprint density at radius 3 is 2.34 bits per heavy atom. The fourth-order valence-corrected chi connectivity index (χ4v) is 4.95. The highest BCUT2D eigenvalue weighted by Gasteiger charge is 2.50. The molecule has 1 atom stereocenters. The number of methoxy groups -OCH3 is 1. The lowest BCUT2D eigenvalue weighted by Gasteiger charge is -2.47. The number of carbonyl (C=O) groups is 2. The first-order valence-electron chi connectivity index (χ1n) is 9.88. The van der Waals surface area contributed by atoms with Crippen LogP contribution in [0.25, 0.3) is 0 Å². The summed E-state index contributed by atoms with van der Waals surface area (Å²) in [4.78, 5) is 27.8. The number of carbonyl (C=O) groups excluding carboxylic acids is 2. The fraction of sp³-hybridized carbons (Fsp3) is 0.600. The van der Waals surface area contributed by atoms with Crippen molar-refractivity contribution < 1.29 is 22.7 Å². The summed E-state index contributed by atoms with van der Waals surface area (Å²) in [6.07, 6.45) is 6.11. The summed E-state index contributed by atoms with van der Waals surface area (Å²) in [7, 11) is -2.08. The zero-order valence-electron chi connectivity index (χ0n) is 17.2. The molecule has 1 heterocycles. The second-order valence-corrected chi connectivity index (χ2v) is 10.0. The van der Waals surface area contributed by atoms with Gasteiger partial charge in [-0.1, -0.05) is 19.3 Å². The van der Waals surface area contributed by atoms with Crippen LogP contribution in [0.1, 0.15) is 39.0 Å². The van der Waals surface area contributed by atoms with Gasteiger partial charge in [-0.25, -0.2) is 8.42 Å². The number of hydrogen-bond acceptors (Lipinski definition) is 5. The van der Waals surface area contributed by atoms with Gasteiger partial charge in [-0.05, 0) is 44.0 Å². The van der Waals surface area contributed by atoms with E-state index in [1.165, 1.54) is 4.90 Å². The van der Waals surface area contributed by atoms with E-state index >= 15 is 0 Å². The smallest absolute Gasteiger partial charge is 0.247 e. The standard InChI is InChI=1S/C20H29N3O5S/c1-20(19(25)21-15-7-5-4-6-8-15)14-22(29(3,26)27)13-18(24)23(20)16-9-11-17(28-2)12-10-16/h9-12,15H,4-8,13-14H2,1-3H3,(H,21,25)/t20-/m0/s1. The molecular formula is C20H29N3O5S. The lowest BCUT2D eigenvalue weighted by molar-refractivity contribution is -0.133. The molecule has 8 nitrogen and oxygen atoms in total. The third-order valence-electron chi connectivity index (χ3n) is 5.77. The molecule has 2 amide bonds. The van der Waals surface area contributed by atoms with Gasteiger partial charge in [-0.3, -0.25) is 14.5 Å². The number of piperazine rings is 1. The van der Waals surface area contributed by atoms with Gasteiger partial charge in [0, 0.05) is 18.3 Å². The first kappa shape index (κ1) is 21.6. The van der Waals surface area contributed by atoms with Crippen molar-refractivity contribution in [2.75, 3.05) is 31.4 Å². The molecule has 160 valence electrons. The third kappa shape index (κ3) is 4.56. The van der Waals surface area contributed by atoms with Gasteiger partial charge < -0.3 is 10.1 Å². The first-order valence-corrected chi connectivity index (χ1v) is 11.7. The van der Waals surface area contributed by atoms with Crippen LogP contribution in [0.5, 0.6) is 5.75 Å². The van der Waals surface area contributed by atoms with Crippen LogP contribution >= 0.6 is 0 Å². The van der Waals surface area contributed by atoms with E-state index in [0.29, 0.717) is 11.4 Å². The Morgan fingerprint density at radius 1 is 1.17 bits per heavy atom. The molecule has 0 radical (unpaired) electrons. The van der Waals surface area contributed by atoms with E-state index in [9.17, 15) is 18.0 Å². The summed E-state index contributed by atoms with van der Waals surface area (Å²) < 4.78 is 30.6. The molecule has 2 aliphatic rings. The van der Waals surface area contributed by atoms with Crippen molar-refractivity contribution in [2.24, 2.45) is 0 Å². The molecular weight excluding hydrogens is 394 g/mol. The number of nitrogens with zero attached hydrogens (tertiary/aromatic N) is 2. The minimum atomic E-state index is -3.63. The van der Waals surface area contributed by atoms with E-state index < -0.39 is 21.5 Å². The van der Waals surface area contributed by atoms with E-state index in [4.69, 9.17) is 4.74 Å². The zero-order valence-corrected chi connectivity index (χ0v) is 18.0. The van der Waals surface area contributed by atoms with E-state index in [2.05, 4.69) is 5.32 Å². The summed E-state index contributed by atoms with van der Waals surface area (Å²) in [5, 5.41) is 3.06. The van der Waals surface area contributed by atoms with E-state index in [0.717, 1.165) is 42.7 Å². The predicted octanol–water partition coefficient (Wildman–Crippen LogP) is 1.51. The first-order chi connectivity index (χ1) is 13.6. The largest absolute Gasteiger partial charge is 0.497 e. The summed E-state index contributed by atoms with van der Waals surface area (Å²) >= 11 is 0. The Kier molecular flexibility index (Phi) is 6.19. The number of sulfonamides is 1. The van der Waals surface area contributed by atoms with E-state index in [1.807, 2.05) is 0 Å². The minimum Gasteiger partial charge on any atom is -0.497 e. The monoisotopic (exact) mass is 423 g/mol. The molecule has 1 aromatic carbocycles. The number of rotatable bonds is 5. The number of ether oxygens (including phenoxy) is 1. The number of anilines is 1. The van der Waals surface area contributed by atoms with E-state index in [-0.39, 0.29) is 25.0 Å². The van der Waals surface area contributed by atoms with Crippen molar-refractivity contribution in [3.8, 4) is 5.75 Å². The molecule has 3 rings (SSSR count). The van der Waals surface area contributed by atoms with Crippen LogP contribution in [0.4, 0.5) is 5.69 Å². The van der Waals surface area contributed by atoms with Gasteiger partial charge in [0.25, 0.3) is 0 Å². The van der Waals surface area contributed by atoms with Crippen molar-refractivity contribution >= 4 is 27.5 Å². The molecule has 9 heteroatoms. The second-order valence-electron chi connectivity index (χ2n) is 8.04. The van der Waals surface area contributed by atoms with Gasteiger partial charge in [0.15, 0.2) is 0 Å². The Bertz CT molecular complexity index is 865. The van der Waals surface area contributed by atoms with Crippen molar-refractivity contribution in [1.29, 1.82) is 0 Å². The molecule has 2 fully saturated rings. The molecule has 1 saturated heterocycles. The van der Waals surface area contributed by atoms with Crippen LogP contribution in [-0.4, -0.2) is 62.6 Å². The lowest BCUT2D eigenvalue weighted by Crippen LogP contribution is -2.70. The molecule has 1 aromatic rings. The maximum absolute atomic E-state index is 13.4. The second kappa shape index (κ2) is 8.31.